The Kier molecular flexibility index (Phi) is 9.98. The maximum absolute atomic E-state index is 2.72. The number of aryl methyl sites for hydroxylation is 1. The monoisotopic (exact) mass is 1060 g/mol. The average molecular weight is 1060 g/mol. The van der Waals surface area contributed by atoms with Crippen LogP contribution < -0.4 is 10.4 Å². The molecule has 0 nitrogen and oxygen atoms in total. The van der Waals surface area contributed by atoms with Gasteiger partial charge < -0.3 is 0 Å². The van der Waals surface area contributed by atoms with Crippen molar-refractivity contribution in [3.63, 3.8) is 0 Å². The van der Waals surface area contributed by atoms with Gasteiger partial charge in [0.1, 0.15) is 8.07 Å². The lowest BCUT2D eigenvalue weighted by Gasteiger charge is -2.25. The van der Waals surface area contributed by atoms with Crippen molar-refractivity contribution in [1.29, 1.82) is 0 Å². The lowest BCUT2D eigenvalue weighted by Crippen LogP contribution is -2.49. The van der Waals surface area contributed by atoms with E-state index in [0.29, 0.717) is 0 Å². The molecule has 390 valence electrons. The fourth-order valence-corrected chi connectivity index (χ4v) is 19.2. The third kappa shape index (κ3) is 6.60. The maximum atomic E-state index is 2.72. The van der Waals surface area contributed by atoms with Crippen LogP contribution >= 0.6 is 0 Å². The Labute approximate surface area is 482 Å². The zero-order valence-corrected chi connectivity index (χ0v) is 48.6. The number of hydrogen-bond acceptors (Lipinski definition) is 0. The largest absolute Gasteiger partial charge is 0.113 e. The van der Waals surface area contributed by atoms with E-state index in [9.17, 15) is 0 Å². The van der Waals surface area contributed by atoms with E-state index in [4.69, 9.17) is 0 Å². The average Bonchev–Trinajstić information content (AvgIpc) is 2.43. The third-order valence-electron chi connectivity index (χ3n) is 20.3. The molecule has 1 heterocycles. The number of fused-ring (bicyclic) bond motifs is 16. The quantitative estimate of drug-likeness (QED) is 0.0936. The van der Waals surface area contributed by atoms with E-state index in [2.05, 4.69) is 271 Å². The highest BCUT2D eigenvalue weighted by atomic mass is 28.3. The predicted octanol–water partition coefficient (Wildman–Crippen LogP) is 20.6. The highest BCUT2D eigenvalue weighted by molar-refractivity contribution is 7.04. The molecular weight excluding hydrogens is 1000 g/mol. The summed E-state index contributed by atoms with van der Waals surface area (Å²) >= 11 is 0. The molecule has 0 saturated carbocycles. The molecule has 0 spiro atoms. The second-order valence-corrected chi connectivity index (χ2v) is 30.0. The molecular formula is C81H62Si. The molecule has 0 unspecified atom stereocenters. The van der Waals surface area contributed by atoms with Gasteiger partial charge in [-0.1, -0.05) is 241 Å². The minimum atomic E-state index is -2.34. The molecule has 12 aromatic rings. The first-order valence-corrected chi connectivity index (χ1v) is 32.8. The van der Waals surface area contributed by atoms with E-state index in [1.807, 2.05) is 0 Å². The molecule has 5 aliphatic rings. The standard InChI is InChI=1S/C81H62Si/c1-80(2)72-32-17-15-29-60(72)62-31-19-22-48(43-74(62)80)51-35-38-64-66-46-70-71(47-77(66)82(5,6)76(64)45-51)79(68-42-53-21-8-10-24-55(53)57-26-12-14-28-59(57)68)69-40-49(50-34-37-63-61-30-16-18-33-73(61)81(3,4)75(63)44-50)36-39-65(69)78(70)67-41-52-20-7-9-23-54(52)56-25-11-13-27-58(56)67/h7-10,12-21,23-24,26-47H,11,22,25H2,1-6H3. The molecule has 17 rings (SSSR count). The van der Waals surface area contributed by atoms with E-state index in [1.54, 1.807) is 0 Å². The highest BCUT2D eigenvalue weighted by Gasteiger charge is 2.41. The summed E-state index contributed by atoms with van der Waals surface area (Å²) in [6.45, 7) is 14.9. The molecule has 1 aliphatic heterocycles. The van der Waals surface area contributed by atoms with Crippen LogP contribution in [0.2, 0.25) is 13.1 Å². The molecule has 12 aromatic carbocycles. The van der Waals surface area contributed by atoms with Gasteiger partial charge in [0.15, 0.2) is 0 Å². The Hall–Kier alpha value is -8.88. The molecule has 0 atom stereocenters. The molecule has 4 aliphatic carbocycles. The SMILES string of the molecule is CC1(C)C2=C(C=CCC(c3ccc4c(c3)[Si](C)(C)c3cc5c(-c6cc7ccccc7c7ccccc67)c6cc(-c7ccc8c(c7)C(C)(C)c7ccccc7-8)ccc6c(-c6cc7ccccc7c7c6C=CCC7)c5cc3-4)=C2)c2ccccc21. The van der Waals surface area contributed by atoms with Crippen LogP contribution in [0.4, 0.5) is 0 Å². The van der Waals surface area contributed by atoms with E-state index < -0.39 is 8.07 Å². The van der Waals surface area contributed by atoms with Crippen molar-refractivity contribution in [2.24, 2.45) is 0 Å². The van der Waals surface area contributed by atoms with Crippen molar-refractivity contribution in [1.82, 2.24) is 0 Å². The second-order valence-electron chi connectivity index (χ2n) is 25.7. The normalized spacial score (nSPS) is 16.5. The van der Waals surface area contributed by atoms with Crippen molar-refractivity contribution >= 4 is 89.5 Å². The van der Waals surface area contributed by atoms with Gasteiger partial charge in [-0.25, -0.2) is 0 Å². The lowest BCUT2D eigenvalue weighted by atomic mass is 9.79. The molecule has 1 heteroatoms. The summed E-state index contributed by atoms with van der Waals surface area (Å²) in [5.41, 5.74) is 27.0. The van der Waals surface area contributed by atoms with E-state index in [1.165, 1.54) is 176 Å². The Balaban J connectivity index is 0.966. The van der Waals surface area contributed by atoms with E-state index in [-0.39, 0.29) is 10.8 Å². The molecule has 0 radical (unpaired) electrons. The number of rotatable bonds is 4. The van der Waals surface area contributed by atoms with Gasteiger partial charge in [0.05, 0.1) is 0 Å². The van der Waals surface area contributed by atoms with Crippen LogP contribution in [0.25, 0.3) is 127 Å². The molecule has 0 amide bonds. The van der Waals surface area contributed by atoms with E-state index in [0.717, 1.165) is 19.3 Å². The summed E-state index contributed by atoms with van der Waals surface area (Å²) in [6, 6.07) is 78.2. The summed E-state index contributed by atoms with van der Waals surface area (Å²) < 4.78 is 0. The van der Waals surface area contributed by atoms with Crippen LogP contribution in [0.5, 0.6) is 0 Å². The topological polar surface area (TPSA) is 0 Å². The van der Waals surface area contributed by atoms with Crippen LogP contribution in [0.3, 0.4) is 0 Å². The summed E-state index contributed by atoms with van der Waals surface area (Å²) in [5, 5.41) is 16.1. The lowest BCUT2D eigenvalue weighted by molar-refractivity contribution is 0.654. The van der Waals surface area contributed by atoms with Crippen molar-refractivity contribution in [2.75, 3.05) is 0 Å². The molecule has 0 fully saturated rings. The molecule has 0 bridgehead atoms. The summed E-state index contributed by atoms with van der Waals surface area (Å²) in [5.74, 6) is 0. The summed E-state index contributed by atoms with van der Waals surface area (Å²) in [6.07, 6.45) is 15.2. The van der Waals surface area contributed by atoms with Crippen LogP contribution in [0.15, 0.2) is 230 Å². The molecule has 82 heavy (non-hydrogen) atoms. The van der Waals surface area contributed by atoms with Gasteiger partial charge >= 0.3 is 0 Å². The van der Waals surface area contributed by atoms with Crippen LogP contribution in [-0.2, 0) is 17.3 Å². The fraction of sp³-hybridized carbons (Fsp3) is 0.136. The highest BCUT2D eigenvalue weighted by Crippen LogP contribution is 2.54. The zero-order chi connectivity index (χ0) is 55.0. The molecule has 0 N–H and O–H groups in total. The molecule has 0 saturated heterocycles. The first-order chi connectivity index (χ1) is 39.9. The van der Waals surface area contributed by atoms with Crippen molar-refractivity contribution < 1.29 is 0 Å². The Morgan fingerprint density at radius 2 is 0.976 bits per heavy atom. The van der Waals surface area contributed by atoms with Crippen LogP contribution in [0.1, 0.15) is 79.5 Å². The maximum Gasteiger partial charge on any atom is 0.113 e. The van der Waals surface area contributed by atoms with Gasteiger partial charge in [-0.05, 0) is 225 Å². The zero-order valence-electron chi connectivity index (χ0n) is 47.6. The predicted molar refractivity (Wildman–Crippen MR) is 356 cm³/mol. The Morgan fingerprint density at radius 1 is 0.378 bits per heavy atom. The minimum Gasteiger partial charge on any atom is -0.0836 e. The third-order valence-corrected chi connectivity index (χ3v) is 23.9. The van der Waals surface area contributed by atoms with Crippen molar-refractivity contribution in [2.45, 2.75) is 70.9 Å². The number of allylic oxidation sites excluding steroid dienone is 7. The summed E-state index contributed by atoms with van der Waals surface area (Å²) in [7, 11) is -2.34. The van der Waals surface area contributed by atoms with Gasteiger partial charge in [0.2, 0.25) is 0 Å². The van der Waals surface area contributed by atoms with Crippen LogP contribution in [-0.4, -0.2) is 8.07 Å². The van der Waals surface area contributed by atoms with Crippen molar-refractivity contribution in [3.05, 3.63) is 269 Å². The van der Waals surface area contributed by atoms with Gasteiger partial charge in [0.25, 0.3) is 0 Å². The van der Waals surface area contributed by atoms with Gasteiger partial charge in [-0.2, -0.15) is 0 Å². The summed E-state index contributed by atoms with van der Waals surface area (Å²) in [4.78, 5) is 0. The first kappa shape index (κ1) is 47.9. The van der Waals surface area contributed by atoms with E-state index >= 15 is 0 Å². The number of hydrogen-bond donors (Lipinski definition) is 0. The smallest absolute Gasteiger partial charge is 0.0836 e. The van der Waals surface area contributed by atoms with Crippen LogP contribution in [0, 0.1) is 0 Å². The second kappa shape index (κ2) is 17.1. The van der Waals surface area contributed by atoms with Crippen molar-refractivity contribution in [3.8, 4) is 55.6 Å². The first-order valence-electron chi connectivity index (χ1n) is 29.8. The number of benzene rings is 12. The fourth-order valence-electron chi connectivity index (χ4n) is 16.2. The van der Waals surface area contributed by atoms with Gasteiger partial charge in [0, 0.05) is 10.8 Å². The Morgan fingerprint density at radius 3 is 1.80 bits per heavy atom. The van der Waals surface area contributed by atoms with Gasteiger partial charge in [-0.15, -0.1) is 0 Å². The Bertz CT molecular complexity index is 5020. The minimum absolute atomic E-state index is 0.0756. The molecule has 0 aromatic heterocycles. The van der Waals surface area contributed by atoms with Gasteiger partial charge in [-0.3, -0.25) is 0 Å².